The molecule has 2 N–H and O–H groups in total. The van der Waals surface area contributed by atoms with Gasteiger partial charge in [-0.1, -0.05) is 0 Å². The van der Waals surface area contributed by atoms with E-state index in [4.69, 9.17) is 0 Å². The van der Waals surface area contributed by atoms with Gasteiger partial charge >= 0.3 is 5.69 Å². The van der Waals surface area contributed by atoms with E-state index < -0.39 is 0 Å². The van der Waals surface area contributed by atoms with E-state index in [2.05, 4.69) is 22.5 Å². The molecule has 2 aromatic rings. The first-order chi connectivity index (χ1) is 9.09. The van der Waals surface area contributed by atoms with E-state index in [-0.39, 0.29) is 16.1 Å². The van der Waals surface area contributed by atoms with Crippen molar-refractivity contribution >= 4 is 32.9 Å². The van der Waals surface area contributed by atoms with Gasteiger partial charge in [0.25, 0.3) is 0 Å². The number of hydrogen-bond donors (Lipinski definition) is 2. The average molecular weight is 278 g/mol. The van der Waals surface area contributed by atoms with Gasteiger partial charge in [-0.15, -0.1) is 11.3 Å². The van der Waals surface area contributed by atoms with Gasteiger partial charge in [-0.3, -0.25) is 10.1 Å². The van der Waals surface area contributed by atoms with Crippen LogP contribution < -0.4 is 10.6 Å². The summed E-state index contributed by atoms with van der Waals surface area (Å²) in [6.07, 6.45) is 0.944. The Labute approximate surface area is 114 Å². The normalized spacial score (nSPS) is 22.8. The summed E-state index contributed by atoms with van der Waals surface area (Å²) in [5.74, 6) is 0. The van der Waals surface area contributed by atoms with Crippen LogP contribution in [0.1, 0.15) is 13.3 Å². The van der Waals surface area contributed by atoms with Crippen molar-refractivity contribution in [2.45, 2.75) is 18.9 Å². The fourth-order valence-corrected chi connectivity index (χ4v) is 3.13. The molecule has 0 amide bonds. The molecule has 7 heteroatoms. The number of nitro benzene ring substituents is 1. The van der Waals surface area contributed by atoms with Crippen LogP contribution in [0.15, 0.2) is 17.6 Å². The van der Waals surface area contributed by atoms with Gasteiger partial charge in [-0.2, -0.15) is 0 Å². The van der Waals surface area contributed by atoms with Crippen LogP contribution in [0.3, 0.4) is 0 Å². The van der Waals surface area contributed by atoms with Gasteiger partial charge in [0.15, 0.2) is 5.52 Å². The molecule has 1 fully saturated rings. The van der Waals surface area contributed by atoms with E-state index in [1.54, 1.807) is 11.6 Å². The first kappa shape index (κ1) is 12.3. The highest BCUT2D eigenvalue weighted by molar-refractivity contribution is 7.16. The number of rotatable bonds is 3. The number of fused-ring (bicyclic) bond motifs is 1. The van der Waals surface area contributed by atoms with Crippen molar-refractivity contribution in [1.82, 2.24) is 10.3 Å². The summed E-state index contributed by atoms with van der Waals surface area (Å²) < 4.78 is 0.840. The topological polar surface area (TPSA) is 80.1 Å². The molecule has 2 heterocycles. The summed E-state index contributed by atoms with van der Waals surface area (Å²) in [6, 6.07) is 3.66. The van der Waals surface area contributed by atoms with E-state index in [1.807, 2.05) is 6.07 Å². The number of hydrogen-bond acceptors (Lipinski definition) is 6. The van der Waals surface area contributed by atoms with Gasteiger partial charge in [0, 0.05) is 12.1 Å². The van der Waals surface area contributed by atoms with Gasteiger partial charge in [0.2, 0.25) is 0 Å². The van der Waals surface area contributed by atoms with Crippen LogP contribution in [-0.4, -0.2) is 28.5 Å². The Morgan fingerprint density at radius 3 is 3.11 bits per heavy atom. The van der Waals surface area contributed by atoms with Gasteiger partial charge < -0.3 is 10.6 Å². The average Bonchev–Trinajstić information content (AvgIpc) is 2.97. The van der Waals surface area contributed by atoms with E-state index in [9.17, 15) is 10.1 Å². The van der Waals surface area contributed by atoms with Gasteiger partial charge in [-0.25, -0.2) is 4.98 Å². The predicted molar refractivity (Wildman–Crippen MR) is 75.8 cm³/mol. The maximum atomic E-state index is 11.3. The molecule has 0 saturated carbocycles. The molecule has 0 spiro atoms. The summed E-state index contributed by atoms with van der Waals surface area (Å²) in [7, 11) is 0. The fraction of sp³-hybridized carbons (Fsp3) is 0.417. The first-order valence-corrected chi connectivity index (χ1v) is 6.96. The molecule has 100 valence electrons. The Bertz CT molecular complexity index is 634. The molecule has 0 radical (unpaired) electrons. The second-order valence-corrected chi connectivity index (χ2v) is 5.92. The van der Waals surface area contributed by atoms with Crippen molar-refractivity contribution in [2.24, 2.45) is 0 Å². The summed E-state index contributed by atoms with van der Waals surface area (Å²) in [5.41, 5.74) is 2.59. The minimum atomic E-state index is -0.351. The Balaban J connectivity index is 2.07. The minimum absolute atomic E-state index is 0.0758. The van der Waals surface area contributed by atoms with Crippen molar-refractivity contribution in [2.75, 3.05) is 18.4 Å². The lowest BCUT2D eigenvalue weighted by Crippen LogP contribution is -2.37. The van der Waals surface area contributed by atoms with Gasteiger partial charge in [-0.05, 0) is 32.0 Å². The third-order valence-corrected chi connectivity index (χ3v) is 4.26. The lowest BCUT2D eigenvalue weighted by atomic mass is 10.0. The van der Waals surface area contributed by atoms with Crippen molar-refractivity contribution in [3.63, 3.8) is 0 Å². The number of aromatic nitrogens is 1. The predicted octanol–water partition coefficient (Wildman–Crippen LogP) is 2.37. The van der Waals surface area contributed by atoms with E-state index in [0.29, 0.717) is 11.2 Å². The Morgan fingerprint density at radius 2 is 2.42 bits per heavy atom. The first-order valence-electron chi connectivity index (χ1n) is 6.09. The van der Waals surface area contributed by atoms with Crippen LogP contribution in [-0.2, 0) is 0 Å². The quantitative estimate of drug-likeness (QED) is 0.665. The van der Waals surface area contributed by atoms with Crippen LogP contribution >= 0.6 is 11.3 Å². The smallest absolute Gasteiger partial charge is 0.319 e. The summed E-state index contributed by atoms with van der Waals surface area (Å²) in [6.45, 7) is 3.80. The molecule has 19 heavy (non-hydrogen) atoms. The molecular formula is C12H14N4O2S. The molecule has 3 rings (SSSR count). The molecule has 1 aromatic heterocycles. The third-order valence-electron chi connectivity index (χ3n) is 3.46. The highest BCUT2D eigenvalue weighted by Crippen LogP contribution is 2.36. The van der Waals surface area contributed by atoms with Crippen LogP contribution in [0.25, 0.3) is 10.2 Å². The molecule has 1 aliphatic heterocycles. The van der Waals surface area contributed by atoms with E-state index in [1.165, 1.54) is 11.3 Å². The van der Waals surface area contributed by atoms with Crippen molar-refractivity contribution < 1.29 is 4.92 Å². The molecule has 0 bridgehead atoms. The SMILES string of the molecule is CC1(Nc2ccc3scnc3c2[N+](=O)[O-])CCNC1. The summed E-state index contributed by atoms with van der Waals surface area (Å²) in [5, 5.41) is 17.9. The van der Waals surface area contributed by atoms with E-state index in [0.717, 1.165) is 24.2 Å². The van der Waals surface area contributed by atoms with Crippen LogP contribution in [0, 0.1) is 10.1 Å². The van der Waals surface area contributed by atoms with E-state index >= 15 is 0 Å². The van der Waals surface area contributed by atoms with Gasteiger partial charge in [0.05, 0.1) is 15.1 Å². The fourth-order valence-electron chi connectivity index (χ4n) is 2.45. The standard InChI is InChI=1S/C12H14N4O2S/c1-12(4-5-13-6-12)15-8-2-3-9-10(14-7-19-9)11(8)16(17)18/h2-3,7,13,15H,4-6H2,1H3. The summed E-state index contributed by atoms with van der Waals surface area (Å²) in [4.78, 5) is 15.1. The molecule has 1 aliphatic rings. The number of benzene rings is 1. The number of anilines is 1. The number of nitrogens with one attached hydrogen (secondary N) is 2. The molecule has 1 unspecified atom stereocenters. The number of nitro groups is 1. The zero-order chi connectivity index (χ0) is 13.5. The molecule has 1 atom stereocenters. The largest absolute Gasteiger partial charge is 0.373 e. The Kier molecular flexibility index (Phi) is 2.87. The number of nitrogens with zero attached hydrogens (tertiary/aromatic N) is 2. The highest BCUT2D eigenvalue weighted by Gasteiger charge is 2.31. The van der Waals surface area contributed by atoms with Gasteiger partial charge in [0.1, 0.15) is 5.69 Å². The third kappa shape index (κ3) is 2.15. The molecule has 1 aromatic carbocycles. The molecule has 0 aliphatic carbocycles. The lowest BCUT2D eigenvalue weighted by molar-refractivity contribution is -0.382. The maximum Gasteiger partial charge on any atom is 0.319 e. The molecule has 6 nitrogen and oxygen atoms in total. The molecular weight excluding hydrogens is 264 g/mol. The number of thiazole rings is 1. The highest BCUT2D eigenvalue weighted by atomic mass is 32.1. The Hall–Kier alpha value is -1.73. The van der Waals surface area contributed by atoms with Crippen molar-refractivity contribution in [3.8, 4) is 0 Å². The summed E-state index contributed by atoms with van der Waals surface area (Å²) >= 11 is 1.41. The lowest BCUT2D eigenvalue weighted by Gasteiger charge is -2.25. The van der Waals surface area contributed by atoms with Crippen molar-refractivity contribution in [1.29, 1.82) is 0 Å². The molecule has 1 saturated heterocycles. The minimum Gasteiger partial charge on any atom is -0.373 e. The monoisotopic (exact) mass is 278 g/mol. The second kappa shape index (κ2) is 4.43. The van der Waals surface area contributed by atoms with Crippen molar-refractivity contribution in [3.05, 3.63) is 27.8 Å². The Morgan fingerprint density at radius 1 is 1.58 bits per heavy atom. The second-order valence-electron chi connectivity index (χ2n) is 5.03. The van der Waals surface area contributed by atoms with Crippen LogP contribution in [0.2, 0.25) is 0 Å². The zero-order valence-electron chi connectivity index (χ0n) is 10.5. The van der Waals surface area contributed by atoms with Crippen LogP contribution in [0.5, 0.6) is 0 Å². The van der Waals surface area contributed by atoms with Crippen LogP contribution in [0.4, 0.5) is 11.4 Å². The maximum absolute atomic E-state index is 11.3. The zero-order valence-corrected chi connectivity index (χ0v) is 11.3.